The number of carbonyl (C=O) groups is 2. The van der Waals surface area contributed by atoms with Crippen molar-refractivity contribution < 1.29 is 18.8 Å². The Morgan fingerprint density at radius 2 is 2.15 bits per heavy atom. The lowest BCUT2D eigenvalue weighted by atomic mass is 10.2. The van der Waals surface area contributed by atoms with Crippen LogP contribution in [0.1, 0.15) is 44.3 Å². The minimum Gasteiger partial charge on any atom is -0.447 e. The second-order valence-corrected chi connectivity index (χ2v) is 6.39. The summed E-state index contributed by atoms with van der Waals surface area (Å²) in [6.07, 6.45) is 1.06. The van der Waals surface area contributed by atoms with Gasteiger partial charge in [-0.15, -0.1) is 0 Å². The molecule has 8 nitrogen and oxygen atoms in total. The summed E-state index contributed by atoms with van der Waals surface area (Å²) in [6, 6.07) is 7.19. The van der Waals surface area contributed by atoms with Crippen LogP contribution < -0.4 is 10.2 Å². The van der Waals surface area contributed by atoms with E-state index in [0.717, 1.165) is 0 Å². The van der Waals surface area contributed by atoms with Crippen molar-refractivity contribution in [3.8, 4) is 0 Å². The number of anilines is 2. The first kappa shape index (κ1) is 17.9. The average Bonchev–Trinajstić information content (AvgIpc) is 3.25. The normalized spacial score (nSPS) is 14.0. The molecule has 2 aromatic rings. The molecule has 0 unspecified atom stereocenters. The van der Waals surface area contributed by atoms with Gasteiger partial charge >= 0.3 is 6.09 Å². The molecular formula is C18H22N4O4. The van der Waals surface area contributed by atoms with Crippen molar-refractivity contribution in [2.24, 2.45) is 0 Å². The highest BCUT2D eigenvalue weighted by atomic mass is 16.6. The number of hydrogen-bond donors (Lipinski definition) is 1. The molecule has 0 saturated carbocycles. The van der Waals surface area contributed by atoms with Gasteiger partial charge < -0.3 is 14.6 Å². The molecule has 0 atom stereocenters. The average molecular weight is 358 g/mol. The minimum absolute atomic E-state index is 0.131. The monoisotopic (exact) mass is 358 g/mol. The summed E-state index contributed by atoms with van der Waals surface area (Å²) < 4.78 is 10.1. The highest BCUT2D eigenvalue weighted by Crippen LogP contribution is 2.28. The standard InChI is InChI=1S/C18H22N4O4/c1-12(2)17-20-16(26-21-17)9-5-8-15(23)19-13-6-3-4-7-14(13)22-10-11-25-18(22)24/h3-4,6-7,12H,5,8-11H2,1-2H3,(H,19,23). The number of cyclic esters (lactones) is 1. The number of benzene rings is 1. The Hall–Kier alpha value is -2.90. The molecule has 1 aliphatic heterocycles. The largest absolute Gasteiger partial charge is 0.447 e. The Morgan fingerprint density at radius 1 is 1.35 bits per heavy atom. The van der Waals surface area contributed by atoms with Crippen LogP contribution in [-0.2, 0) is 16.0 Å². The van der Waals surface area contributed by atoms with Crippen LogP contribution >= 0.6 is 0 Å². The molecule has 0 bridgehead atoms. The van der Waals surface area contributed by atoms with E-state index in [0.29, 0.717) is 55.5 Å². The molecule has 2 heterocycles. The number of hydrogen-bond acceptors (Lipinski definition) is 6. The number of nitrogens with one attached hydrogen (secondary N) is 1. The van der Waals surface area contributed by atoms with Gasteiger partial charge in [-0.1, -0.05) is 31.1 Å². The number of rotatable bonds is 7. The van der Waals surface area contributed by atoms with E-state index in [4.69, 9.17) is 9.26 Å². The van der Waals surface area contributed by atoms with E-state index >= 15 is 0 Å². The van der Waals surface area contributed by atoms with E-state index < -0.39 is 6.09 Å². The van der Waals surface area contributed by atoms with Crippen molar-refractivity contribution >= 4 is 23.4 Å². The third kappa shape index (κ3) is 4.19. The maximum atomic E-state index is 12.3. The fourth-order valence-corrected chi connectivity index (χ4v) is 2.64. The zero-order valence-electron chi connectivity index (χ0n) is 14.9. The van der Waals surface area contributed by atoms with Crippen molar-refractivity contribution in [3.05, 3.63) is 36.0 Å². The molecule has 1 aromatic heterocycles. The smallest absolute Gasteiger partial charge is 0.414 e. The highest BCUT2D eigenvalue weighted by molar-refractivity contribution is 5.99. The van der Waals surface area contributed by atoms with Crippen molar-refractivity contribution in [1.29, 1.82) is 0 Å². The van der Waals surface area contributed by atoms with Crippen molar-refractivity contribution in [3.63, 3.8) is 0 Å². The number of nitrogens with zero attached hydrogens (tertiary/aromatic N) is 3. The predicted octanol–water partition coefficient (Wildman–Crippen LogP) is 3.11. The van der Waals surface area contributed by atoms with Gasteiger partial charge in [-0.2, -0.15) is 4.98 Å². The van der Waals surface area contributed by atoms with Crippen molar-refractivity contribution in [2.75, 3.05) is 23.4 Å². The van der Waals surface area contributed by atoms with Crippen LogP contribution in [-0.4, -0.2) is 35.3 Å². The van der Waals surface area contributed by atoms with Crippen LogP contribution in [0.4, 0.5) is 16.2 Å². The Bertz CT molecular complexity index is 787. The van der Waals surface area contributed by atoms with Crippen LogP contribution in [0.2, 0.25) is 0 Å². The Morgan fingerprint density at radius 3 is 2.85 bits per heavy atom. The Kier molecular flexibility index (Phi) is 5.50. The van der Waals surface area contributed by atoms with E-state index in [9.17, 15) is 9.59 Å². The molecule has 2 amide bonds. The van der Waals surface area contributed by atoms with Gasteiger partial charge in [0.1, 0.15) is 6.61 Å². The maximum Gasteiger partial charge on any atom is 0.414 e. The number of amides is 2. The predicted molar refractivity (Wildman–Crippen MR) is 95.1 cm³/mol. The summed E-state index contributed by atoms with van der Waals surface area (Å²) >= 11 is 0. The number of aryl methyl sites for hydroxylation is 1. The van der Waals surface area contributed by atoms with E-state index in [2.05, 4.69) is 15.5 Å². The van der Waals surface area contributed by atoms with E-state index in [-0.39, 0.29) is 11.8 Å². The summed E-state index contributed by atoms with van der Waals surface area (Å²) in [6.45, 7) is 4.82. The minimum atomic E-state index is -0.399. The molecule has 1 N–H and O–H groups in total. The fourth-order valence-electron chi connectivity index (χ4n) is 2.64. The van der Waals surface area contributed by atoms with Crippen LogP contribution in [0.25, 0.3) is 0 Å². The molecule has 1 aromatic carbocycles. The number of para-hydroxylation sites is 2. The zero-order valence-corrected chi connectivity index (χ0v) is 14.9. The van der Waals surface area contributed by atoms with Gasteiger partial charge in [-0.3, -0.25) is 9.69 Å². The van der Waals surface area contributed by atoms with Crippen molar-refractivity contribution in [1.82, 2.24) is 10.1 Å². The summed E-state index contributed by atoms with van der Waals surface area (Å²) in [5, 5.41) is 6.77. The molecule has 1 fully saturated rings. The Balaban J connectivity index is 1.54. The van der Waals surface area contributed by atoms with Gasteiger partial charge in [0.2, 0.25) is 11.8 Å². The summed E-state index contributed by atoms with van der Waals surface area (Å²) in [4.78, 5) is 29.8. The first-order valence-electron chi connectivity index (χ1n) is 8.70. The quantitative estimate of drug-likeness (QED) is 0.817. The summed E-state index contributed by atoms with van der Waals surface area (Å²) in [5.74, 6) is 1.30. The molecule has 26 heavy (non-hydrogen) atoms. The third-order valence-electron chi connectivity index (χ3n) is 4.02. The SMILES string of the molecule is CC(C)c1noc(CCCC(=O)Nc2ccccc2N2CCOC2=O)n1. The molecule has 0 aliphatic carbocycles. The maximum absolute atomic E-state index is 12.3. The Labute approximate surface area is 151 Å². The molecule has 3 rings (SSSR count). The lowest BCUT2D eigenvalue weighted by Crippen LogP contribution is -2.25. The van der Waals surface area contributed by atoms with E-state index in [1.807, 2.05) is 26.0 Å². The zero-order chi connectivity index (χ0) is 18.5. The number of ether oxygens (including phenoxy) is 1. The summed E-state index contributed by atoms with van der Waals surface area (Å²) in [7, 11) is 0. The van der Waals surface area contributed by atoms with Crippen LogP contribution in [0, 0.1) is 0 Å². The molecule has 1 aliphatic rings. The van der Waals surface area contributed by atoms with Gasteiger partial charge in [0.15, 0.2) is 5.82 Å². The number of carbonyl (C=O) groups excluding carboxylic acids is 2. The second kappa shape index (κ2) is 7.99. The van der Waals surface area contributed by atoms with E-state index in [1.54, 1.807) is 12.1 Å². The molecule has 0 radical (unpaired) electrons. The summed E-state index contributed by atoms with van der Waals surface area (Å²) in [5.41, 5.74) is 1.23. The van der Waals surface area contributed by atoms with Gasteiger partial charge in [-0.05, 0) is 18.6 Å². The van der Waals surface area contributed by atoms with Crippen LogP contribution in [0.5, 0.6) is 0 Å². The van der Waals surface area contributed by atoms with Crippen LogP contribution in [0.3, 0.4) is 0 Å². The lowest BCUT2D eigenvalue weighted by molar-refractivity contribution is -0.116. The van der Waals surface area contributed by atoms with Gasteiger partial charge in [0.05, 0.1) is 17.9 Å². The number of aromatic nitrogens is 2. The molecule has 1 saturated heterocycles. The fraction of sp³-hybridized carbons (Fsp3) is 0.444. The van der Waals surface area contributed by atoms with Gasteiger partial charge in [-0.25, -0.2) is 4.79 Å². The highest BCUT2D eigenvalue weighted by Gasteiger charge is 2.25. The molecule has 138 valence electrons. The van der Waals surface area contributed by atoms with Gasteiger partial charge in [0, 0.05) is 18.8 Å². The second-order valence-electron chi connectivity index (χ2n) is 6.39. The van der Waals surface area contributed by atoms with Crippen molar-refractivity contribution in [2.45, 2.75) is 39.0 Å². The van der Waals surface area contributed by atoms with E-state index in [1.165, 1.54) is 4.90 Å². The molecular weight excluding hydrogens is 336 g/mol. The molecule has 0 spiro atoms. The topological polar surface area (TPSA) is 97.6 Å². The van der Waals surface area contributed by atoms with Gasteiger partial charge in [0.25, 0.3) is 0 Å². The van der Waals surface area contributed by atoms with Crippen LogP contribution in [0.15, 0.2) is 28.8 Å². The first-order valence-corrected chi connectivity index (χ1v) is 8.70. The molecule has 8 heteroatoms. The lowest BCUT2D eigenvalue weighted by Gasteiger charge is -2.17. The third-order valence-corrected chi connectivity index (χ3v) is 4.02. The first-order chi connectivity index (χ1) is 12.5.